The summed E-state index contributed by atoms with van der Waals surface area (Å²) in [6.45, 7) is 2.07. The standard InChI is InChI=1S/C20H19F5N4O3/c1-19(2,3)14-9-15(20(23,24)25)29-16(27-14)8-11(28-29)17(30)26-10-5-6-12(32-18(21)22)13(7-10)31-4/h5-9,18H,1-4H3,(H,26,30). The van der Waals surface area contributed by atoms with E-state index in [9.17, 15) is 26.7 Å². The van der Waals surface area contributed by atoms with E-state index in [1.54, 1.807) is 20.8 Å². The van der Waals surface area contributed by atoms with Gasteiger partial charge in [0.25, 0.3) is 5.91 Å². The smallest absolute Gasteiger partial charge is 0.433 e. The van der Waals surface area contributed by atoms with Crippen LogP contribution in [0.4, 0.5) is 27.6 Å². The highest BCUT2D eigenvalue weighted by Crippen LogP contribution is 2.33. The largest absolute Gasteiger partial charge is 0.493 e. The van der Waals surface area contributed by atoms with Crippen molar-refractivity contribution < 1.29 is 36.2 Å². The molecule has 172 valence electrons. The first-order valence-corrected chi connectivity index (χ1v) is 9.22. The van der Waals surface area contributed by atoms with Gasteiger partial charge in [-0.05, 0) is 18.2 Å². The predicted molar refractivity (Wildman–Crippen MR) is 104 cm³/mol. The van der Waals surface area contributed by atoms with E-state index < -0.39 is 29.8 Å². The number of hydrogen-bond acceptors (Lipinski definition) is 5. The lowest BCUT2D eigenvalue weighted by atomic mass is 9.91. The summed E-state index contributed by atoms with van der Waals surface area (Å²) >= 11 is 0. The number of halogens is 5. The van der Waals surface area contributed by atoms with Crippen LogP contribution in [0.3, 0.4) is 0 Å². The van der Waals surface area contributed by atoms with E-state index in [-0.39, 0.29) is 34.2 Å². The molecule has 0 aliphatic heterocycles. The Kier molecular flexibility index (Phi) is 5.98. The number of ether oxygens (including phenoxy) is 2. The van der Waals surface area contributed by atoms with Crippen molar-refractivity contribution in [3.05, 3.63) is 47.4 Å². The van der Waals surface area contributed by atoms with Crippen LogP contribution in [-0.2, 0) is 11.6 Å². The van der Waals surface area contributed by atoms with Gasteiger partial charge in [-0.25, -0.2) is 9.50 Å². The summed E-state index contributed by atoms with van der Waals surface area (Å²) in [5.41, 5.74) is -1.89. The molecule has 2 aromatic heterocycles. The lowest BCUT2D eigenvalue weighted by Crippen LogP contribution is -2.20. The minimum absolute atomic E-state index is 0.0751. The van der Waals surface area contributed by atoms with Gasteiger partial charge in [-0.3, -0.25) is 4.79 Å². The van der Waals surface area contributed by atoms with Crippen LogP contribution < -0.4 is 14.8 Å². The minimum atomic E-state index is -4.73. The Morgan fingerprint density at radius 1 is 1.09 bits per heavy atom. The SMILES string of the molecule is COc1cc(NC(=O)c2cc3nc(C(C)(C)C)cc(C(F)(F)F)n3n2)ccc1OC(F)F. The highest BCUT2D eigenvalue weighted by molar-refractivity contribution is 6.03. The molecular weight excluding hydrogens is 439 g/mol. The Bertz CT molecular complexity index is 1150. The molecule has 0 saturated carbocycles. The van der Waals surface area contributed by atoms with Crippen molar-refractivity contribution in [2.45, 2.75) is 39.0 Å². The molecule has 0 saturated heterocycles. The van der Waals surface area contributed by atoms with E-state index in [1.807, 2.05) is 0 Å². The number of anilines is 1. The molecule has 0 bridgehead atoms. The molecule has 32 heavy (non-hydrogen) atoms. The summed E-state index contributed by atoms with van der Waals surface area (Å²) in [5.74, 6) is -1.15. The second-order valence-electron chi connectivity index (χ2n) is 7.77. The van der Waals surface area contributed by atoms with E-state index >= 15 is 0 Å². The number of aromatic nitrogens is 3. The van der Waals surface area contributed by atoms with E-state index in [0.717, 1.165) is 18.2 Å². The Hall–Kier alpha value is -3.44. The Balaban J connectivity index is 1.97. The van der Waals surface area contributed by atoms with Crippen molar-refractivity contribution in [2.75, 3.05) is 12.4 Å². The first kappa shape index (κ1) is 23.2. The van der Waals surface area contributed by atoms with Crippen LogP contribution in [0.25, 0.3) is 5.65 Å². The lowest BCUT2D eigenvalue weighted by Gasteiger charge is -2.19. The summed E-state index contributed by atoms with van der Waals surface area (Å²) in [4.78, 5) is 16.8. The van der Waals surface area contributed by atoms with Gasteiger partial charge >= 0.3 is 12.8 Å². The zero-order valence-electron chi connectivity index (χ0n) is 17.4. The maximum Gasteiger partial charge on any atom is 0.433 e. The molecular formula is C20H19F5N4O3. The zero-order chi connectivity index (χ0) is 23.8. The van der Waals surface area contributed by atoms with Crippen molar-refractivity contribution >= 4 is 17.2 Å². The van der Waals surface area contributed by atoms with Crippen LogP contribution in [-0.4, -0.2) is 34.2 Å². The monoisotopic (exact) mass is 458 g/mol. The van der Waals surface area contributed by atoms with E-state index in [2.05, 4.69) is 20.1 Å². The van der Waals surface area contributed by atoms with E-state index in [4.69, 9.17) is 4.74 Å². The third kappa shape index (κ3) is 4.89. The molecule has 3 rings (SSSR count). The van der Waals surface area contributed by atoms with Crippen LogP contribution in [0.1, 0.15) is 42.6 Å². The molecule has 0 fully saturated rings. The molecule has 0 aliphatic rings. The Morgan fingerprint density at radius 3 is 2.34 bits per heavy atom. The molecule has 1 aromatic carbocycles. The average Bonchev–Trinajstić information content (AvgIpc) is 3.10. The van der Waals surface area contributed by atoms with Crippen molar-refractivity contribution in [3.8, 4) is 11.5 Å². The number of carbonyl (C=O) groups excluding carboxylic acids is 1. The van der Waals surface area contributed by atoms with Gasteiger partial charge in [-0.1, -0.05) is 20.8 Å². The fraction of sp³-hybridized carbons (Fsp3) is 0.350. The third-order valence-electron chi connectivity index (χ3n) is 4.36. The Morgan fingerprint density at radius 2 is 1.78 bits per heavy atom. The number of amides is 1. The number of hydrogen-bond donors (Lipinski definition) is 1. The van der Waals surface area contributed by atoms with E-state index in [0.29, 0.717) is 4.52 Å². The predicted octanol–water partition coefficient (Wildman–Crippen LogP) is 4.91. The summed E-state index contributed by atoms with van der Waals surface area (Å²) in [6, 6.07) is 5.68. The van der Waals surface area contributed by atoms with Crippen LogP contribution >= 0.6 is 0 Å². The molecule has 0 radical (unpaired) electrons. The van der Waals surface area contributed by atoms with Gasteiger partial charge in [0.2, 0.25) is 0 Å². The number of rotatable bonds is 5. The second kappa shape index (κ2) is 8.24. The zero-order valence-corrected chi connectivity index (χ0v) is 17.4. The van der Waals surface area contributed by atoms with Gasteiger partial charge in [0.05, 0.1) is 12.8 Å². The number of alkyl halides is 5. The third-order valence-corrected chi connectivity index (χ3v) is 4.36. The first-order chi connectivity index (χ1) is 14.8. The fourth-order valence-electron chi connectivity index (χ4n) is 2.81. The van der Waals surface area contributed by atoms with Gasteiger partial charge in [-0.15, -0.1) is 0 Å². The Labute approximate surface area is 179 Å². The number of nitrogens with zero attached hydrogens (tertiary/aromatic N) is 3. The number of methoxy groups -OCH3 is 1. The number of carbonyl (C=O) groups is 1. The van der Waals surface area contributed by atoms with Gasteiger partial charge in [0.1, 0.15) is 5.69 Å². The maximum atomic E-state index is 13.6. The fourth-order valence-corrected chi connectivity index (χ4v) is 2.81. The molecule has 0 spiro atoms. The molecule has 0 unspecified atom stereocenters. The van der Waals surface area contributed by atoms with Crippen molar-refractivity contribution in [1.29, 1.82) is 0 Å². The van der Waals surface area contributed by atoms with Crippen LogP contribution in [0.2, 0.25) is 0 Å². The molecule has 0 atom stereocenters. The van der Waals surface area contributed by atoms with Crippen LogP contribution in [0, 0.1) is 0 Å². The molecule has 1 amide bonds. The topological polar surface area (TPSA) is 77.8 Å². The van der Waals surface area contributed by atoms with Crippen molar-refractivity contribution in [2.24, 2.45) is 0 Å². The summed E-state index contributed by atoms with van der Waals surface area (Å²) in [6.07, 6.45) is -4.73. The summed E-state index contributed by atoms with van der Waals surface area (Å²) in [7, 11) is 1.22. The second-order valence-corrected chi connectivity index (χ2v) is 7.77. The maximum absolute atomic E-state index is 13.6. The molecule has 12 heteroatoms. The highest BCUT2D eigenvalue weighted by atomic mass is 19.4. The molecule has 7 nitrogen and oxygen atoms in total. The number of benzene rings is 1. The van der Waals surface area contributed by atoms with Gasteiger partial charge < -0.3 is 14.8 Å². The van der Waals surface area contributed by atoms with Gasteiger partial charge in [-0.2, -0.15) is 27.1 Å². The quantitative estimate of drug-likeness (QED) is 0.550. The lowest BCUT2D eigenvalue weighted by molar-refractivity contribution is -0.142. The molecule has 1 N–H and O–H groups in total. The van der Waals surface area contributed by atoms with Crippen LogP contribution in [0.5, 0.6) is 11.5 Å². The van der Waals surface area contributed by atoms with Crippen molar-refractivity contribution in [1.82, 2.24) is 14.6 Å². The average molecular weight is 458 g/mol. The first-order valence-electron chi connectivity index (χ1n) is 9.22. The number of nitrogens with one attached hydrogen (secondary N) is 1. The highest BCUT2D eigenvalue weighted by Gasteiger charge is 2.36. The minimum Gasteiger partial charge on any atom is -0.493 e. The normalized spacial score (nSPS) is 12.3. The molecule has 0 aliphatic carbocycles. The summed E-state index contributed by atoms with van der Waals surface area (Å²) < 4.78 is 75.5. The van der Waals surface area contributed by atoms with E-state index in [1.165, 1.54) is 19.2 Å². The molecule has 2 heterocycles. The van der Waals surface area contributed by atoms with Gasteiger partial charge in [0.15, 0.2) is 22.8 Å². The summed E-state index contributed by atoms with van der Waals surface area (Å²) in [5, 5.41) is 6.20. The number of fused-ring (bicyclic) bond motifs is 1. The molecule has 3 aromatic rings. The van der Waals surface area contributed by atoms with Gasteiger partial charge in [0, 0.05) is 23.2 Å². The van der Waals surface area contributed by atoms with Crippen LogP contribution in [0.15, 0.2) is 30.3 Å². The van der Waals surface area contributed by atoms with Crippen molar-refractivity contribution in [3.63, 3.8) is 0 Å².